The molecular weight excluding hydrogens is 716 g/mol. The zero-order valence-electron chi connectivity index (χ0n) is 29.0. The third kappa shape index (κ3) is 5.46. The Hall–Kier alpha value is -4.72. The van der Waals surface area contributed by atoms with Crippen LogP contribution >= 0.6 is 21.6 Å². The lowest BCUT2D eigenvalue weighted by molar-refractivity contribution is -0.172. The van der Waals surface area contributed by atoms with Crippen molar-refractivity contribution in [2.45, 2.75) is 87.1 Å². The lowest BCUT2D eigenvalue weighted by Gasteiger charge is -2.34. The van der Waals surface area contributed by atoms with Crippen molar-refractivity contribution < 1.29 is 28.6 Å². The van der Waals surface area contributed by atoms with Crippen molar-refractivity contribution in [1.29, 1.82) is 0 Å². The molecule has 5 aromatic rings. The molecule has 1 amide bonds. The van der Waals surface area contributed by atoms with Crippen LogP contribution in [0.3, 0.4) is 0 Å². The highest BCUT2D eigenvalue weighted by Crippen LogP contribution is 2.49. The summed E-state index contributed by atoms with van der Waals surface area (Å²) in [7, 11) is 3.18. The number of nitrogens with zero attached hydrogens (tertiary/aromatic N) is 3. The number of halogens is 1. The number of pyridine rings is 3. The Bertz CT molecular complexity index is 2420. The number of amides is 1. The Morgan fingerprint density at radius 3 is 2.75 bits per heavy atom. The molecule has 0 spiro atoms. The summed E-state index contributed by atoms with van der Waals surface area (Å²) in [4.78, 5) is 50.1. The van der Waals surface area contributed by atoms with E-state index in [1.807, 2.05) is 30.3 Å². The number of hydrogen-bond donors (Lipinski definition) is 2. The fraction of sp³-hybridized carbons (Fsp3) is 0.325. The molecule has 9 rings (SSSR count). The first kappa shape index (κ1) is 34.1. The minimum absolute atomic E-state index is 0.0146. The molecule has 3 aromatic heterocycles. The number of aliphatic hydroxyl groups is 1. The van der Waals surface area contributed by atoms with E-state index < -0.39 is 35.4 Å². The van der Waals surface area contributed by atoms with E-state index in [1.54, 1.807) is 52.3 Å². The molecule has 2 aliphatic heterocycles. The number of hydrogen-bond acceptors (Lipinski definition) is 10. The van der Waals surface area contributed by atoms with Crippen molar-refractivity contribution in [1.82, 2.24) is 19.9 Å². The number of ether oxygens (including phenoxy) is 2. The van der Waals surface area contributed by atoms with Crippen LogP contribution in [0.25, 0.3) is 22.3 Å². The summed E-state index contributed by atoms with van der Waals surface area (Å²) in [5.74, 6) is -1.19. The zero-order chi connectivity index (χ0) is 36.6. The van der Waals surface area contributed by atoms with Gasteiger partial charge in [-0.05, 0) is 95.8 Å². The van der Waals surface area contributed by atoms with Gasteiger partial charge in [0.25, 0.3) is 5.56 Å². The lowest BCUT2D eigenvalue weighted by Crippen LogP contribution is -2.44. The van der Waals surface area contributed by atoms with Gasteiger partial charge < -0.3 is 24.5 Å². The van der Waals surface area contributed by atoms with E-state index >= 15 is 4.39 Å². The Kier molecular flexibility index (Phi) is 8.35. The molecule has 2 aromatic carbocycles. The van der Waals surface area contributed by atoms with Gasteiger partial charge in [-0.25, -0.2) is 23.9 Å². The maximum atomic E-state index is 15.4. The SMILES string of the molecule is CC[C@@]1(O)C(=O)OCc2c1cc1n(c2=O)Cc2c-1nc1cc(F)c(C)c3c1c2[C@@H](NC(=O)O[C@@H]1CCc2ccccc2[C@H]1SSc1ccccn1)CC3. The van der Waals surface area contributed by atoms with Gasteiger partial charge in [0.2, 0.25) is 0 Å². The maximum absolute atomic E-state index is 15.4. The Balaban J connectivity index is 1.08. The number of rotatable bonds is 6. The molecule has 4 aliphatic rings. The van der Waals surface area contributed by atoms with Gasteiger partial charge in [0.05, 0.1) is 40.3 Å². The number of cyclic esters (lactones) is 1. The Morgan fingerprint density at radius 1 is 1.11 bits per heavy atom. The number of alkyl carbamates (subject to hydrolysis) is 1. The quantitative estimate of drug-likeness (QED) is 0.134. The minimum Gasteiger partial charge on any atom is -0.458 e. The van der Waals surface area contributed by atoms with E-state index in [-0.39, 0.29) is 41.8 Å². The average Bonchev–Trinajstić information content (AvgIpc) is 3.54. The van der Waals surface area contributed by atoms with Crippen LogP contribution in [0.1, 0.15) is 82.0 Å². The molecule has 0 saturated carbocycles. The van der Waals surface area contributed by atoms with Crippen LogP contribution < -0.4 is 10.9 Å². The third-order valence-corrected chi connectivity index (χ3v) is 13.9. The van der Waals surface area contributed by atoms with Crippen LogP contribution in [0.5, 0.6) is 0 Å². The highest BCUT2D eigenvalue weighted by Gasteiger charge is 2.46. The van der Waals surface area contributed by atoms with E-state index in [2.05, 4.69) is 22.4 Å². The van der Waals surface area contributed by atoms with E-state index in [4.69, 9.17) is 14.5 Å². The molecule has 53 heavy (non-hydrogen) atoms. The normalized spacial score (nSPS) is 22.3. The predicted molar refractivity (Wildman–Crippen MR) is 199 cm³/mol. The predicted octanol–water partition coefficient (Wildman–Crippen LogP) is 7.13. The molecule has 0 fully saturated rings. The molecular formula is C40H35FN4O6S2. The van der Waals surface area contributed by atoms with Gasteiger partial charge in [0, 0.05) is 28.8 Å². The summed E-state index contributed by atoms with van der Waals surface area (Å²) in [6, 6.07) is 16.6. The fourth-order valence-corrected chi connectivity index (χ4v) is 11.1. The Labute approximate surface area is 311 Å². The van der Waals surface area contributed by atoms with Gasteiger partial charge in [0.15, 0.2) is 5.60 Å². The second-order valence-corrected chi connectivity index (χ2v) is 16.4. The van der Waals surface area contributed by atoms with Crippen molar-refractivity contribution in [3.8, 4) is 11.4 Å². The molecule has 5 heterocycles. The molecule has 0 bridgehead atoms. The van der Waals surface area contributed by atoms with Gasteiger partial charge in [-0.2, -0.15) is 0 Å². The van der Waals surface area contributed by atoms with Crippen molar-refractivity contribution in [3.63, 3.8) is 0 Å². The van der Waals surface area contributed by atoms with Crippen molar-refractivity contribution in [2.75, 3.05) is 0 Å². The summed E-state index contributed by atoms with van der Waals surface area (Å²) in [6.07, 6.45) is 3.25. The van der Waals surface area contributed by atoms with Gasteiger partial charge in [-0.3, -0.25) is 4.79 Å². The fourth-order valence-electron chi connectivity index (χ4n) is 8.43. The summed E-state index contributed by atoms with van der Waals surface area (Å²) < 4.78 is 28.5. The maximum Gasteiger partial charge on any atom is 0.407 e. The summed E-state index contributed by atoms with van der Waals surface area (Å²) >= 11 is 0. The first-order chi connectivity index (χ1) is 25.7. The number of fused-ring (bicyclic) bond motifs is 6. The molecule has 0 radical (unpaired) electrons. The Morgan fingerprint density at radius 2 is 1.94 bits per heavy atom. The van der Waals surface area contributed by atoms with Gasteiger partial charge in [-0.1, -0.05) is 48.0 Å². The largest absolute Gasteiger partial charge is 0.458 e. The van der Waals surface area contributed by atoms with Crippen LogP contribution in [0.2, 0.25) is 0 Å². The second kappa shape index (κ2) is 13.0. The van der Waals surface area contributed by atoms with E-state index in [1.165, 1.54) is 11.6 Å². The van der Waals surface area contributed by atoms with Gasteiger partial charge in [0.1, 0.15) is 23.6 Å². The topological polar surface area (TPSA) is 133 Å². The number of esters is 1. The summed E-state index contributed by atoms with van der Waals surface area (Å²) in [5, 5.41) is 16.0. The first-order valence-electron chi connectivity index (χ1n) is 17.8. The molecule has 2 N–H and O–H groups in total. The van der Waals surface area contributed by atoms with Crippen molar-refractivity contribution in [2.24, 2.45) is 0 Å². The highest BCUT2D eigenvalue weighted by molar-refractivity contribution is 8.76. The number of aromatic nitrogens is 3. The van der Waals surface area contributed by atoms with E-state index in [0.717, 1.165) is 39.1 Å². The molecule has 4 atom stereocenters. The molecule has 13 heteroatoms. The monoisotopic (exact) mass is 750 g/mol. The number of carbonyl (C=O) groups excluding carboxylic acids is 2. The van der Waals surface area contributed by atoms with Crippen LogP contribution in [0.4, 0.5) is 9.18 Å². The molecule has 0 unspecified atom stereocenters. The molecule has 2 aliphatic carbocycles. The van der Waals surface area contributed by atoms with Crippen LogP contribution in [0.15, 0.2) is 70.6 Å². The zero-order valence-corrected chi connectivity index (χ0v) is 30.6. The summed E-state index contributed by atoms with van der Waals surface area (Å²) in [5.41, 5.74) is 4.55. The molecule has 0 saturated heterocycles. The van der Waals surface area contributed by atoms with Crippen LogP contribution in [0, 0.1) is 12.7 Å². The highest BCUT2D eigenvalue weighted by atomic mass is 33.1. The lowest BCUT2D eigenvalue weighted by atomic mass is 9.81. The minimum atomic E-state index is -1.98. The van der Waals surface area contributed by atoms with Crippen molar-refractivity contribution >= 4 is 44.6 Å². The van der Waals surface area contributed by atoms with Crippen LogP contribution in [-0.2, 0) is 45.9 Å². The summed E-state index contributed by atoms with van der Waals surface area (Å²) in [6.45, 7) is 3.31. The second-order valence-electron chi connectivity index (χ2n) is 14.0. The van der Waals surface area contributed by atoms with E-state index in [9.17, 15) is 19.5 Å². The first-order valence-corrected chi connectivity index (χ1v) is 20.0. The molecule has 10 nitrogen and oxygen atoms in total. The van der Waals surface area contributed by atoms with Gasteiger partial charge in [-0.15, -0.1) is 0 Å². The standard InChI is InChI=1S/C40H35FN4O6S2/c1-3-40(49)26-16-30-35-24(18-45(30)37(46)25(26)19-50-38(40)47)34-28(13-12-22-20(2)27(41)17-29(43-35)33(22)34)44-39(48)51-31-14-11-21-8-4-5-9-23(21)36(31)53-52-32-10-6-7-15-42-32/h4-10,15-17,28,31,36,49H,3,11-14,18-19H2,1-2H3,(H,44,48)/t28-,31+,36+,40-/m0/s1. The number of benzene rings is 2. The number of carbonyl (C=O) groups is 2. The molecule has 270 valence electrons. The number of nitrogens with one attached hydrogen (secondary N) is 1. The average molecular weight is 751 g/mol. The van der Waals surface area contributed by atoms with Crippen LogP contribution in [-0.4, -0.2) is 37.8 Å². The smallest absolute Gasteiger partial charge is 0.407 e. The van der Waals surface area contributed by atoms with E-state index in [0.29, 0.717) is 41.7 Å². The number of aryl methyl sites for hydroxylation is 2. The van der Waals surface area contributed by atoms with Gasteiger partial charge >= 0.3 is 12.1 Å². The van der Waals surface area contributed by atoms with Crippen molar-refractivity contribution in [3.05, 3.63) is 121 Å². The third-order valence-electron chi connectivity index (χ3n) is 11.2.